The van der Waals surface area contributed by atoms with Gasteiger partial charge in [0.1, 0.15) is 0 Å². The molecule has 1 N–H and O–H groups in total. The topological polar surface area (TPSA) is 34.0 Å². The maximum atomic E-state index is 11.4. The molecule has 0 fully saturated rings. The lowest BCUT2D eigenvalue weighted by Crippen LogP contribution is -2.16. The van der Waals surface area contributed by atoms with Crippen molar-refractivity contribution in [3.05, 3.63) is 64.1 Å². The third kappa shape index (κ3) is 4.22. The molecule has 1 heterocycles. The van der Waals surface area contributed by atoms with Crippen LogP contribution in [0.25, 0.3) is 0 Å². The normalized spacial score (nSPS) is 12.1. The highest BCUT2D eigenvalue weighted by molar-refractivity contribution is 5.43. The number of anilines is 1. The number of unbranched alkanes of at least 4 members (excludes halogenated alkanes) is 1. The Bertz CT molecular complexity index is 628. The largest absolute Gasteiger partial charge is 0.377 e. The molecule has 3 heteroatoms. The molecule has 2 aromatic rings. The van der Waals surface area contributed by atoms with Gasteiger partial charge in [0.25, 0.3) is 0 Å². The molecule has 1 aromatic carbocycles. The zero-order chi connectivity index (χ0) is 15.2. The predicted molar refractivity (Wildman–Crippen MR) is 88.8 cm³/mol. The zero-order valence-electron chi connectivity index (χ0n) is 13.1. The minimum Gasteiger partial charge on any atom is -0.377 e. The average molecular weight is 284 g/mol. The van der Waals surface area contributed by atoms with E-state index in [1.165, 1.54) is 24.0 Å². The van der Waals surface area contributed by atoms with Crippen molar-refractivity contribution in [2.75, 3.05) is 5.32 Å². The quantitative estimate of drug-likeness (QED) is 0.873. The van der Waals surface area contributed by atoms with E-state index in [0.29, 0.717) is 0 Å². The zero-order valence-corrected chi connectivity index (χ0v) is 13.1. The molecule has 1 unspecified atom stereocenters. The molecule has 0 spiro atoms. The third-order valence-corrected chi connectivity index (χ3v) is 3.77. The van der Waals surface area contributed by atoms with E-state index in [1.807, 2.05) is 12.3 Å². The summed E-state index contributed by atoms with van der Waals surface area (Å²) in [5.74, 6) is 0. The molecule has 0 aliphatic rings. The van der Waals surface area contributed by atoms with Crippen molar-refractivity contribution in [3.8, 4) is 0 Å². The molecule has 0 aliphatic heterocycles. The van der Waals surface area contributed by atoms with Crippen LogP contribution in [0.3, 0.4) is 0 Å². The number of benzene rings is 1. The summed E-state index contributed by atoms with van der Waals surface area (Å²) in [5, 5.41) is 3.43. The van der Waals surface area contributed by atoms with Crippen molar-refractivity contribution in [1.82, 2.24) is 4.57 Å². The number of aryl methyl sites for hydroxylation is 2. The lowest BCUT2D eigenvalue weighted by atomic mass is 10.0. The van der Waals surface area contributed by atoms with Gasteiger partial charge in [0.2, 0.25) is 5.56 Å². The van der Waals surface area contributed by atoms with Crippen LogP contribution >= 0.6 is 0 Å². The van der Waals surface area contributed by atoms with E-state index in [1.54, 1.807) is 17.7 Å². The molecule has 0 amide bonds. The molecule has 0 radical (unpaired) electrons. The van der Waals surface area contributed by atoms with Crippen molar-refractivity contribution in [2.24, 2.45) is 7.05 Å². The van der Waals surface area contributed by atoms with Crippen LogP contribution in [0.5, 0.6) is 0 Å². The van der Waals surface area contributed by atoms with Gasteiger partial charge in [0.05, 0.1) is 5.69 Å². The molecule has 1 aromatic heterocycles. The smallest absolute Gasteiger partial charge is 0.250 e. The third-order valence-electron chi connectivity index (χ3n) is 3.77. The maximum absolute atomic E-state index is 11.4. The van der Waals surface area contributed by atoms with Gasteiger partial charge in [0.15, 0.2) is 0 Å². The van der Waals surface area contributed by atoms with Crippen molar-refractivity contribution in [3.63, 3.8) is 0 Å². The highest BCUT2D eigenvalue weighted by Gasteiger charge is 2.06. The number of hydrogen-bond acceptors (Lipinski definition) is 2. The summed E-state index contributed by atoms with van der Waals surface area (Å²) in [4.78, 5) is 11.4. The molecular formula is C18H24N2O. The predicted octanol–water partition coefficient (Wildman–Crippen LogP) is 3.90. The first-order valence-corrected chi connectivity index (χ1v) is 7.62. The van der Waals surface area contributed by atoms with Gasteiger partial charge in [-0.05, 0) is 37.0 Å². The fourth-order valence-electron chi connectivity index (χ4n) is 2.37. The maximum Gasteiger partial charge on any atom is 0.250 e. The Hall–Kier alpha value is -2.03. The molecule has 0 saturated carbocycles. The Morgan fingerprint density at radius 3 is 2.48 bits per heavy atom. The van der Waals surface area contributed by atoms with Gasteiger partial charge in [-0.25, -0.2) is 0 Å². The SMILES string of the molecule is CCCCc1ccc(C(C)Nc2ccc(=O)n(C)c2)cc1. The summed E-state index contributed by atoms with van der Waals surface area (Å²) in [7, 11) is 1.76. The molecule has 0 bridgehead atoms. The number of pyridine rings is 1. The first-order chi connectivity index (χ1) is 10.1. The van der Waals surface area contributed by atoms with Crippen LogP contribution in [0.4, 0.5) is 5.69 Å². The van der Waals surface area contributed by atoms with E-state index < -0.39 is 0 Å². The molecule has 0 saturated heterocycles. The van der Waals surface area contributed by atoms with Crippen LogP contribution < -0.4 is 10.9 Å². The Morgan fingerprint density at radius 2 is 1.86 bits per heavy atom. The summed E-state index contributed by atoms with van der Waals surface area (Å²) in [6.45, 7) is 4.35. The molecule has 21 heavy (non-hydrogen) atoms. The molecule has 2 rings (SSSR count). The monoisotopic (exact) mass is 284 g/mol. The number of aromatic nitrogens is 1. The summed E-state index contributed by atoms with van der Waals surface area (Å²) in [6.07, 6.45) is 5.45. The van der Waals surface area contributed by atoms with E-state index in [-0.39, 0.29) is 11.6 Å². The van der Waals surface area contributed by atoms with Gasteiger partial charge in [-0.2, -0.15) is 0 Å². The van der Waals surface area contributed by atoms with Gasteiger partial charge in [-0.15, -0.1) is 0 Å². The molecule has 112 valence electrons. The van der Waals surface area contributed by atoms with Crippen molar-refractivity contribution >= 4 is 5.69 Å². The Labute approximate surface area is 126 Å². The van der Waals surface area contributed by atoms with E-state index >= 15 is 0 Å². The van der Waals surface area contributed by atoms with Gasteiger partial charge < -0.3 is 9.88 Å². The Morgan fingerprint density at radius 1 is 1.14 bits per heavy atom. The van der Waals surface area contributed by atoms with Gasteiger partial charge in [-0.3, -0.25) is 4.79 Å². The van der Waals surface area contributed by atoms with Crippen LogP contribution in [0.15, 0.2) is 47.4 Å². The fraction of sp³-hybridized carbons (Fsp3) is 0.389. The number of hydrogen-bond donors (Lipinski definition) is 1. The molecule has 0 aliphatic carbocycles. The van der Waals surface area contributed by atoms with Crippen molar-refractivity contribution in [2.45, 2.75) is 39.2 Å². The van der Waals surface area contributed by atoms with E-state index in [0.717, 1.165) is 12.1 Å². The highest BCUT2D eigenvalue weighted by Crippen LogP contribution is 2.19. The second-order valence-corrected chi connectivity index (χ2v) is 5.58. The van der Waals surface area contributed by atoms with Gasteiger partial charge >= 0.3 is 0 Å². The lowest BCUT2D eigenvalue weighted by Gasteiger charge is -2.16. The number of nitrogens with zero attached hydrogens (tertiary/aromatic N) is 1. The first kappa shape index (κ1) is 15.4. The summed E-state index contributed by atoms with van der Waals surface area (Å²) < 4.78 is 1.59. The van der Waals surface area contributed by atoms with Crippen molar-refractivity contribution < 1.29 is 0 Å². The first-order valence-electron chi connectivity index (χ1n) is 7.62. The standard InChI is InChI=1S/C18H24N2O/c1-4-5-6-15-7-9-16(10-8-15)14(2)19-17-11-12-18(21)20(3)13-17/h7-14,19H,4-6H2,1-3H3. The number of nitrogens with one attached hydrogen (secondary N) is 1. The van der Waals surface area contributed by atoms with Crippen molar-refractivity contribution in [1.29, 1.82) is 0 Å². The lowest BCUT2D eigenvalue weighted by molar-refractivity contribution is 0.793. The van der Waals surface area contributed by atoms with Crippen LogP contribution in [0, 0.1) is 0 Å². The second kappa shape index (κ2) is 7.11. The Kier molecular flexibility index (Phi) is 5.20. The van der Waals surface area contributed by atoms with Crippen LogP contribution in [-0.4, -0.2) is 4.57 Å². The highest BCUT2D eigenvalue weighted by atomic mass is 16.1. The van der Waals surface area contributed by atoms with Gasteiger partial charge in [0, 0.05) is 25.4 Å². The average Bonchev–Trinajstić information content (AvgIpc) is 2.49. The summed E-state index contributed by atoms with van der Waals surface area (Å²) in [6, 6.07) is 12.4. The summed E-state index contributed by atoms with van der Waals surface area (Å²) in [5.41, 5.74) is 3.62. The number of rotatable bonds is 6. The minimum atomic E-state index is 0.00785. The molecular weight excluding hydrogens is 260 g/mol. The summed E-state index contributed by atoms with van der Waals surface area (Å²) >= 11 is 0. The second-order valence-electron chi connectivity index (χ2n) is 5.58. The van der Waals surface area contributed by atoms with Crippen LogP contribution in [0.2, 0.25) is 0 Å². The molecule has 3 nitrogen and oxygen atoms in total. The molecule has 1 atom stereocenters. The fourth-order valence-corrected chi connectivity index (χ4v) is 2.37. The van der Waals surface area contributed by atoms with Gasteiger partial charge in [-0.1, -0.05) is 37.6 Å². The Balaban J connectivity index is 2.03. The van der Waals surface area contributed by atoms with Crippen LogP contribution in [-0.2, 0) is 13.5 Å². The van der Waals surface area contributed by atoms with E-state index in [2.05, 4.69) is 43.4 Å². The van der Waals surface area contributed by atoms with E-state index in [9.17, 15) is 4.79 Å². The minimum absolute atomic E-state index is 0.00785. The van der Waals surface area contributed by atoms with E-state index in [4.69, 9.17) is 0 Å². The van der Waals surface area contributed by atoms with Crippen LogP contribution in [0.1, 0.15) is 43.9 Å².